The van der Waals surface area contributed by atoms with Crippen LogP contribution in [0.1, 0.15) is 50.5 Å². The molecule has 236 valence electrons. The molecule has 12 nitrogen and oxygen atoms in total. The van der Waals surface area contributed by atoms with Gasteiger partial charge in [0.05, 0.1) is 24.0 Å². The van der Waals surface area contributed by atoms with E-state index in [1.165, 1.54) is 31.4 Å². The van der Waals surface area contributed by atoms with Crippen LogP contribution in [-0.2, 0) is 21.2 Å². The number of H-pyrrole nitrogens is 1. The highest BCUT2D eigenvalue weighted by Crippen LogP contribution is 2.22. The number of rotatable bonds is 12. The second-order valence-corrected chi connectivity index (χ2v) is 12.7. The zero-order chi connectivity index (χ0) is 32.7. The SMILES string of the molecule is Cc1cnc(NC(=O)[C@H](O)[C@H](Cc2ccccc2)NC(=O)c2cc(C(=O)N[C@H](C)c3ccccc3)cc(N(C)S(C)(=O)=O)c2)[nH]1. The lowest BCUT2D eigenvalue weighted by atomic mass is 9.99. The third kappa shape index (κ3) is 8.77. The van der Waals surface area contributed by atoms with Gasteiger partial charge in [-0.1, -0.05) is 60.7 Å². The van der Waals surface area contributed by atoms with Crippen LogP contribution in [0.25, 0.3) is 0 Å². The quantitative estimate of drug-likeness (QED) is 0.160. The number of nitrogens with one attached hydrogen (secondary N) is 4. The second-order valence-electron chi connectivity index (χ2n) is 10.7. The van der Waals surface area contributed by atoms with Gasteiger partial charge in [0.2, 0.25) is 16.0 Å². The normalized spacial score (nSPS) is 13.3. The fraction of sp³-hybridized carbons (Fsp3) is 0.250. The van der Waals surface area contributed by atoms with E-state index >= 15 is 0 Å². The molecule has 13 heteroatoms. The molecule has 1 heterocycles. The maximum atomic E-state index is 13.7. The Labute approximate surface area is 261 Å². The monoisotopic (exact) mass is 632 g/mol. The molecule has 0 radical (unpaired) electrons. The van der Waals surface area contributed by atoms with Gasteiger partial charge in [-0.25, -0.2) is 13.4 Å². The van der Waals surface area contributed by atoms with Crippen LogP contribution in [0.3, 0.4) is 0 Å². The molecule has 5 N–H and O–H groups in total. The first kappa shape index (κ1) is 32.9. The van der Waals surface area contributed by atoms with E-state index in [1.807, 2.05) is 36.4 Å². The van der Waals surface area contributed by atoms with Crippen molar-refractivity contribution in [1.29, 1.82) is 0 Å². The number of nitrogens with zero attached hydrogens (tertiary/aromatic N) is 2. The van der Waals surface area contributed by atoms with Crippen molar-refractivity contribution in [3.63, 3.8) is 0 Å². The third-order valence-electron chi connectivity index (χ3n) is 7.16. The number of aliphatic hydroxyl groups excluding tert-OH is 1. The Kier molecular flexibility index (Phi) is 10.4. The Balaban J connectivity index is 1.64. The molecule has 45 heavy (non-hydrogen) atoms. The topological polar surface area (TPSA) is 174 Å². The summed E-state index contributed by atoms with van der Waals surface area (Å²) in [6.07, 6.45) is 0.905. The lowest BCUT2D eigenvalue weighted by Crippen LogP contribution is -2.50. The minimum absolute atomic E-state index is 0.0435. The van der Waals surface area contributed by atoms with Crippen molar-refractivity contribution in [3.8, 4) is 0 Å². The molecule has 0 fully saturated rings. The van der Waals surface area contributed by atoms with Gasteiger partial charge in [-0.2, -0.15) is 0 Å². The van der Waals surface area contributed by atoms with Crippen LogP contribution in [0.4, 0.5) is 11.6 Å². The van der Waals surface area contributed by atoms with Crippen molar-refractivity contribution in [2.45, 2.75) is 38.5 Å². The van der Waals surface area contributed by atoms with Gasteiger partial charge in [0, 0.05) is 30.1 Å². The summed E-state index contributed by atoms with van der Waals surface area (Å²) in [7, 11) is -2.45. The highest BCUT2D eigenvalue weighted by Gasteiger charge is 2.30. The molecule has 0 aliphatic heterocycles. The number of anilines is 2. The zero-order valence-electron chi connectivity index (χ0n) is 25.3. The molecular weight excluding hydrogens is 596 g/mol. The van der Waals surface area contributed by atoms with Gasteiger partial charge in [0.1, 0.15) is 0 Å². The maximum Gasteiger partial charge on any atom is 0.257 e. The summed E-state index contributed by atoms with van der Waals surface area (Å²) in [4.78, 5) is 46.9. The van der Waals surface area contributed by atoms with Crippen molar-refractivity contribution < 1.29 is 27.9 Å². The molecule has 4 aromatic rings. The Bertz CT molecular complexity index is 1760. The van der Waals surface area contributed by atoms with Crippen LogP contribution in [0.5, 0.6) is 0 Å². The lowest BCUT2D eigenvalue weighted by Gasteiger charge is -2.24. The Morgan fingerprint density at radius 2 is 1.51 bits per heavy atom. The maximum absolute atomic E-state index is 13.7. The van der Waals surface area contributed by atoms with E-state index in [2.05, 4.69) is 25.9 Å². The first-order valence-corrected chi connectivity index (χ1v) is 16.0. The van der Waals surface area contributed by atoms with Gasteiger partial charge < -0.3 is 20.7 Å². The number of aromatic nitrogens is 2. The second kappa shape index (κ2) is 14.2. The number of carbonyl (C=O) groups excluding carboxylic acids is 3. The highest BCUT2D eigenvalue weighted by atomic mass is 32.2. The molecule has 0 saturated heterocycles. The number of imidazole rings is 1. The summed E-state index contributed by atoms with van der Waals surface area (Å²) < 4.78 is 25.7. The van der Waals surface area contributed by atoms with Crippen molar-refractivity contribution >= 4 is 39.4 Å². The van der Waals surface area contributed by atoms with Crippen LogP contribution >= 0.6 is 0 Å². The number of amides is 3. The zero-order valence-corrected chi connectivity index (χ0v) is 26.1. The summed E-state index contributed by atoms with van der Waals surface area (Å²) in [5.74, 6) is -1.92. The molecule has 0 unspecified atom stereocenters. The highest BCUT2D eigenvalue weighted by molar-refractivity contribution is 7.92. The lowest BCUT2D eigenvalue weighted by molar-refractivity contribution is -0.125. The molecule has 1 aromatic heterocycles. The summed E-state index contributed by atoms with van der Waals surface area (Å²) in [5, 5.41) is 19.2. The Morgan fingerprint density at radius 3 is 2.07 bits per heavy atom. The standard InChI is InChI=1S/C32H36N6O6S/c1-20-19-33-32(34-20)37-31(42)28(39)27(15-22-11-7-5-8-12-22)36-30(41)25-16-24(17-26(18-25)38(3)45(4,43)44)29(40)35-21(2)23-13-9-6-10-14-23/h5-14,16-19,21,27-28,39H,15H2,1-4H3,(H,35,40)(H,36,41)(H2,33,34,37,42)/t21-,27+,28-/m1/s1. The molecular formula is C32H36N6O6S. The average molecular weight is 633 g/mol. The predicted molar refractivity (Wildman–Crippen MR) is 171 cm³/mol. The van der Waals surface area contributed by atoms with E-state index in [-0.39, 0.29) is 35.2 Å². The van der Waals surface area contributed by atoms with E-state index in [9.17, 15) is 27.9 Å². The van der Waals surface area contributed by atoms with Crippen molar-refractivity contribution in [2.75, 3.05) is 22.9 Å². The van der Waals surface area contributed by atoms with Crippen LogP contribution in [0, 0.1) is 6.92 Å². The van der Waals surface area contributed by atoms with Gasteiger partial charge in [0.15, 0.2) is 6.10 Å². The minimum Gasteiger partial charge on any atom is -0.381 e. The fourth-order valence-electron chi connectivity index (χ4n) is 4.56. The van der Waals surface area contributed by atoms with Gasteiger partial charge in [-0.05, 0) is 49.6 Å². The number of aliphatic hydroxyl groups is 1. The molecule has 3 amide bonds. The van der Waals surface area contributed by atoms with Crippen LogP contribution in [0.15, 0.2) is 85.1 Å². The number of hydrogen-bond donors (Lipinski definition) is 5. The average Bonchev–Trinajstić information content (AvgIpc) is 3.44. The number of aromatic amines is 1. The molecule has 0 saturated carbocycles. The summed E-state index contributed by atoms with van der Waals surface area (Å²) >= 11 is 0. The van der Waals surface area contributed by atoms with Gasteiger partial charge >= 0.3 is 0 Å². The molecule has 0 spiro atoms. The number of hydrogen-bond acceptors (Lipinski definition) is 7. The largest absolute Gasteiger partial charge is 0.381 e. The van der Waals surface area contributed by atoms with E-state index in [4.69, 9.17) is 0 Å². The first-order valence-electron chi connectivity index (χ1n) is 14.1. The predicted octanol–water partition coefficient (Wildman–Crippen LogP) is 2.95. The summed E-state index contributed by atoms with van der Waals surface area (Å²) in [6.45, 7) is 3.56. The molecule has 3 aromatic carbocycles. The molecule has 4 rings (SSSR count). The smallest absolute Gasteiger partial charge is 0.257 e. The van der Waals surface area contributed by atoms with Crippen LogP contribution in [-0.4, -0.2) is 66.7 Å². The van der Waals surface area contributed by atoms with E-state index < -0.39 is 39.9 Å². The van der Waals surface area contributed by atoms with Gasteiger partial charge in [-0.3, -0.25) is 24.0 Å². The van der Waals surface area contributed by atoms with Gasteiger partial charge in [-0.15, -0.1) is 0 Å². The molecule has 0 bridgehead atoms. The van der Waals surface area contributed by atoms with E-state index in [1.54, 1.807) is 38.1 Å². The summed E-state index contributed by atoms with van der Waals surface area (Å²) in [6, 6.07) is 20.8. The Morgan fingerprint density at radius 1 is 0.933 bits per heavy atom. The van der Waals surface area contributed by atoms with Crippen molar-refractivity contribution in [2.24, 2.45) is 0 Å². The number of benzene rings is 3. The van der Waals surface area contributed by atoms with Crippen molar-refractivity contribution in [3.05, 3.63) is 113 Å². The van der Waals surface area contributed by atoms with Crippen LogP contribution < -0.4 is 20.3 Å². The summed E-state index contributed by atoms with van der Waals surface area (Å²) in [5.41, 5.74) is 2.37. The Hall–Kier alpha value is -5.01. The first-order chi connectivity index (χ1) is 21.3. The number of aryl methyl sites for hydroxylation is 1. The molecule has 0 aliphatic rings. The van der Waals surface area contributed by atoms with Crippen molar-refractivity contribution in [1.82, 2.24) is 20.6 Å². The van der Waals surface area contributed by atoms with E-state index in [0.29, 0.717) is 5.69 Å². The number of carbonyl (C=O) groups is 3. The van der Waals surface area contributed by atoms with Crippen LogP contribution in [0.2, 0.25) is 0 Å². The number of sulfonamides is 1. The van der Waals surface area contributed by atoms with E-state index in [0.717, 1.165) is 21.7 Å². The molecule has 0 aliphatic carbocycles. The third-order valence-corrected chi connectivity index (χ3v) is 8.37. The minimum atomic E-state index is -3.76. The molecule has 3 atom stereocenters. The van der Waals surface area contributed by atoms with Gasteiger partial charge in [0.25, 0.3) is 17.7 Å². The fourth-order valence-corrected chi connectivity index (χ4v) is 5.05.